The first-order valence-corrected chi connectivity index (χ1v) is 10.0. The molecule has 1 aliphatic rings. The van der Waals surface area contributed by atoms with E-state index in [0.717, 1.165) is 41.6 Å². The number of phenolic OH excluding ortho intramolecular Hbond substituents is 1. The van der Waals surface area contributed by atoms with Crippen LogP contribution in [0, 0.1) is 0 Å². The monoisotopic (exact) mass is 392 g/mol. The van der Waals surface area contributed by atoms with E-state index in [4.69, 9.17) is 12.2 Å². The standard InChI is InChI=1S/C22H24N4OS/c1-2-3-14-26-21(20(24-22(26)28)18-7-4-5-13-23-18)19-8-6-15-25(19)16-9-11-17(27)12-10-16/h4-13,15,20-21,27H,2-3,14H2,1H3,(H,24,28)/t20-,21+/m1/s1. The summed E-state index contributed by atoms with van der Waals surface area (Å²) in [6, 6.07) is 17.5. The fourth-order valence-corrected chi connectivity index (χ4v) is 4.11. The molecular formula is C22H24N4OS. The molecule has 3 aromatic rings. The van der Waals surface area contributed by atoms with Gasteiger partial charge >= 0.3 is 0 Å². The third-order valence-corrected chi connectivity index (χ3v) is 5.51. The fraction of sp³-hybridized carbons (Fsp3) is 0.273. The summed E-state index contributed by atoms with van der Waals surface area (Å²) in [5.74, 6) is 0.261. The predicted molar refractivity (Wildman–Crippen MR) is 115 cm³/mol. The van der Waals surface area contributed by atoms with E-state index in [9.17, 15) is 5.11 Å². The molecule has 4 rings (SSSR count). The van der Waals surface area contributed by atoms with Crippen molar-refractivity contribution in [3.63, 3.8) is 0 Å². The fourth-order valence-electron chi connectivity index (χ4n) is 3.78. The Morgan fingerprint density at radius 3 is 2.64 bits per heavy atom. The van der Waals surface area contributed by atoms with Crippen LogP contribution in [-0.2, 0) is 0 Å². The van der Waals surface area contributed by atoms with E-state index in [2.05, 4.69) is 45.0 Å². The average molecular weight is 393 g/mol. The molecule has 1 aliphatic heterocycles. The number of pyridine rings is 1. The lowest BCUT2D eigenvalue weighted by Crippen LogP contribution is -2.31. The third kappa shape index (κ3) is 3.47. The minimum Gasteiger partial charge on any atom is -0.508 e. The van der Waals surface area contributed by atoms with Gasteiger partial charge in [-0.3, -0.25) is 4.98 Å². The molecule has 0 saturated carbocycles. The molecule has 2 aromatic heterocycles. The maximum Gasteiger partial charge on any atom is 0.170 e. The molecule has 2 atom stereocenters. The maximum atomic E-state index is 9.65. The summed E-state index contributed by atoms with van der Waals surface area (Å²) in [7, 11) is 0. The summed E-state index contributed by atoms with van der Waals surface area (Å²) < 4.78 is 2.16. The first kappa shape index (κ1) is 18.5. The van der Waals surface area contributed by atoms with E-state index in [0.29, 0.717) is 0 Å². The van der Waals surface area contributed by atoms with Crippen LogP contribution in [-0.4, -0.2) is 31.2 Å². The highest BCUT2D eigenvalue weighted by Gasteiger charge is 2.40. The van der Waals surface area contributed by atoms with Gasteiger partial charge in [-0.15, -0.1) is 0 Å². The number of aromatic hydroxyl groups is 1. The van der Waals surface area contributed by atoms with Gasteiger partial charge in [0.2, 0.25) is 0 Å². The second kappa shape index (κ2) is 8.02. The topological polar surface area (TPSA) is 53.3 Å². The number of thiocarbonyl (C=S) groups is 1. The molecule has 2 N–H and O–H groups in total. The Balaban J connectivity index is 1.78. The highest BCUT2D eigenvalue weighted by Crippen LogP contribution is 2.39. The van der Waals surface area contributed by atoms with Crippen molar-refractivity contribution in [3.8, 4) is 11.4 Å². The lowest BCUT2D eigenvalue weighted by atomic mass is 10.0. The molecule has 1 saturated heterocycles. The van der Waals surface area contributed by atoms with Gasteiger partial charge < -0.3 is 19.9 Å². The number of benzene rings is 1. The van der Waals surface area contributed by atoms with Gasteiger partial charge in [-0.05, 0) is 67.2 Å². The van der Waals surface area contributed by atoms with E-state index in [1.54, 1.807) is 12.1 Å². The van der Waals surface area contributed by atoms with Crippen molar-refractivity contribution in [2.45, 2.75) is 31.8 Å². The summed E-state index contributed by atoms with van der Waals surface area (Å²) in [5.41, 5.74) is 3.13. The Morgan fingerprint density at radius 2 is 1.93 bits per heavy atom. The van der Waals surface area contributed by atoms with Crippen LogP contribution in [0.5, 0.6) is 5.75 Å². The molecule has 144 valence electrons. The average Bonchev–Trinajstić information content (AvgIpc) is 3.32. The molecule has 0 bridgehead atoms. The zero-order valence-corrected chi connectivity index (χ0v) is 16.6. The molecular weight excluding hydrogens is 368 g/mol. The second-order valence-electron chi connectivity index (χ2n) is 6.99. The Bertz CT molecular complexity index is 939. The van der Waals surface area contributed by atoms with Crippen molar-refractivity contribution >= 4 is 17.3 Å². The van der Waals surface area contributed by atoms with Crippen LogP contribution in [0.1, 0.15) is 43.2 Å². The molecule has 1 fully saturated rings. The van der Waals surface area contributed by atoms with Crippen molar-refractivity contribution < 1.29 is 5.11 Å². The molecule has 0 aliphatic carbocycles. The minimum absolute atomic E-state index is 0.0173. The van der Waals surface area contributed by atoms with Gasteiger partial charge in [-0.2, -0.15) is 0 Å². The molecule has 28 heavy (non-hydrogen) atoms. The van der Waals surface area contributed by atoms with Crippen LogP contribution < -0.4 is 5.32 Å². The Labute approximate surface area is 170 Å². The van der Waals surface area contributed by atoms with Crippen molar-refractivity contribution in [1.82, 2.24) is 19.8 Å². The van der Waals surface area contributed by atoms with E-state index in [1.807, 2.05) is 36.5 Å². The smallest absolute Gasteiger partial charge is 0.170 e. The van der Waals surface area contributed by atoms with Crippen LogP contribution in [0.15, 0.2) is 67.0 Å². The lowest BCUT2D eigenvalue weighted by molar-refractivity contribution is 0.304. The number of nitrogens with one attached hydrogen (secondary N) is 1. The Kier molecular flexibility index (Phi) is 5.30. The Morgan fingerprint density at radius 1 is 1.11 bits per heavy atom. The summed E-state index contributed by atoms with van der Waals surface area (Å²) in [6.07, 6.45) is 6.06. The predicted octanol–water partition coefficient (Wildman–Crippen LogP) is 4.35. The van der Waals surface area contributed by atoms with Crippen LogP contribution in [0.3, 0.4) is 0 Å². The summed E-state index contributed by atoms with van der Waals surface area (Å²) in [6.45, 7) is 3.09. The summed E-state index contributed by atoms with van der Waals surface area (Å²) in [4.78, 5) is 6.88. The van der Waals surface area contributed by atoms with Gasteiger partial charge in [0.15, 0.2) is 5.11 Å². The third-order valence-electron chi connectivity index (χ3n) is 5.16. The van der Waals surface area contributed by atoms with Gasteiger partial charge in [-0.25, -0.2) is 0 Å². The molecule has 3 heterocycles. The molecule has 0 amide bonds. The summed E-state index contributed by atoms with van der Waals surface area (Å²) >= 11 is 5.70. The van der Waals surface area contributed by atoms with Gasteiger partial charge in [0, 0.05) is 30.3 Å². The number of hydrogen-bond acceptors (Lipinski definition) is 3. The zero-order chi connectivity index (χ0) is 19.5. The van der Waals surface area contributed by atoms with E-state index in [1.165, 1.54) is 0 Å². The second-order valence-corrected chi connectivity index (χ2v) is 7.38. The molecule has 0 spiro atoms. The number of phenols is 1. The van der Waals surface area contributed by atoms with Crippen LogP contribution in [0.4, 0.5) is 0 Å². The summed E-state index contributed by atoms with van der Waals surface area (Å²) in [5, 5.41) is 13.9. The number of rotatable bonds is 6. The van der Waals surface area contributed by atoms with E-state index < -0.39 is 0 Å². The highest BCUT2D eigenvalue weighted by molar-refractivity contribution is 7.80. The van der Waals surface area contributed by atoms with Crippen molar-refractivity contribution in [3.05, 3.63) is 78.4 Å². The number of aromatic nitrogens is 2. The van der Waals surface area contributed by atoms with Crippen molar-refractivity contribution in [2.75, 3.05) is 6.54 Å². The lowest BCUT2D eigenvalue weighted by Gasteiger charge is -2.29. The molecule has 1 aromatic carbocycles. The highest BCUT2D eigenvalue weighted by atomic mass is 32.1. The van der Waals surface area contributed by atoms with Gasteiger partial charge in [0.25, 0.3) is 0 Å². The van der Waals surface area contributed by atoms with Crippen LogP contribution in [0.2, 0.25) is 0 Å². The van der Waals surface area contributed by atoms with Gasteiger partial charge in [0.1, 0.15) is 5.75 Å². The van der Waals surface area contributed by atoms with E-state index in [-0.39, 0.29) is 17.8 Å². The quantitative estimate of drug-likeness (QED) is 0.611. The first-order valence-electron chi connectivity index (χ1n) is 9.63. The molecule has 0 unspecified atom stereocenters. The first-order chi connectivity index (χ1) is 13.7. The number of unbranched alkanes of at least 4 members (excludes halogenated alkanes) is 1. The van der Waals surface area contributed by atoms with Crippen molar-refractivity contribution in [2.24, 2.45) is 0 Å². The van der Waals surface area contributed by atoms with E-state index >= 15 is 0 Å². The SMILES string of the molecule is CCCCN1C(=S)N[C@H](c2ccccn2)[C@@H]1c1cccn1-c1ccc(O)cc1. The van der Waals surface area contributed by atoms with Crippen LogP contribution >= 0.6 is 12.2 Å². The number of nitrogens with zero attached hydrogens (tertiary/aromatic N) is 3. The van der Waals surface area contributed by atoms with Gasteiger partial charge in [-0.1, -0.05) is 19.4 Å². The largest absolute Gasteiger partial charge is 0.508 e. The number of hydrogen-bond donors (Lipinski definition) is 2. The molecule has 0 radical (unpaired) electrons. The molecule has 6 heteroatoms. The van der Waals surface area contributed by atoms with Crippen LogP contribution in [0.25, 0.3) is 5.69 Å². The normalized spacial score (nSPS) is 19.0. The molecule has 5 nitrogen and oxygen atoms in total. The minimum atomic E-state index is -0.0173. The maximum absolute atomic E-state index is 9.65. The Hall–Kier alpha value is -2.86. The van der Waals surface area contributed by atoms with Crippen molar-refractivity contribution in [1.29, 1.82) is 0 Å². The van der Waals surface area contributed by atoms with Gasteiger partial charge in [0.05, 0.1) is 17.8 Å². The zero-order valence-electron chi connectivity index (χ0n) is 15.8.